The summed E-state index contributed by atoms with van der Waals surface area (Å²) in [5.74, 6) is -0.287. The number of carbonyl (C=O) groups excluding carboxylic acids is 2. The highest BCUT2D eigenvalue weighted by molar-refractivity contribution is 7.12. The van der Waals surface area contributed by atoms with Crippen LogP contribution >= 0.6 is 11.3 Å². The predicted octanol–water partition coefficient (Wildman–Crippen LogP) is 2.38. The summed E-state index contributed by atoms with van der Waals surface area (Å²) in [6.07, 6.45) is 1.69. The molecule has 4 atom stereocenters. The van der Waals surface area contributed by atoms with Gasteiger partial charge in [0.15, 0.2) is 6.10 Å². The number of amides is 1. The van der Waals surface area contributed by atoms with Gasteiger partial charge in [-0.2, -0.15) is 0 Å². The van der Waals surface area contributed by atoms with Gasteiger partial charge in [-0.3, -0.25) is 4.79 Å². The zero-order valence-electron chi connectivity index (χ0n) is 13.1. The molecule has 2 saturated heterocycles. The molecule has 2 fully saturated rings. The van der Waals surface area contributed by atoms with E-state index in [1.54, 1.807) is 0 Å². The average molecular weight is 323 g/mol. The monoisotopic (exact) mass is 323 g/mol. The fraction of sp³-hybridized carbons (Fsp3) is 0.625. The number of methoxy groups -OCH3 is 1. The number of likely N-dealkylation sites (tertiary alicyclic amines) is 1. The van der Waals surface area contributed by atoms with Crippen LogP contribution < -0.4 is 0 Å². The van der Waals surface area contributed by atoms with E-state index < -0.39 is 6.10 Å². The van der Waals surface area contributed by atoms with Gasteiger partial charge >= 0.3 is 5.97 Å². The summed E-state index contributed by atoms with van der Waals surface area (Å²) in [5.41, 5.74) is 1.01. The van der Waals surface area contributed by atoms with Gasteiger partial charge in [0.2, 0.25) is 0 Å². The summed E-state index contributed by atoms with van der Waals surface area (Å²) in [7, 11) is 1.37. The lowest BCUT2D eigenvalue weighted by Crippen LogP contribution is -2.53. The third kappa shape index (κ3) is 2.54. The highest BCUT2D eigenvalue weighted by atomic mass is 32.1. The number of piperidine rings is 1. The van der Waals surface area contributed by atoms with Crippen molar-refractivity contribution in [3.63, 3.8) is 0 Å². The Kier molecular flexibility index (Phi) is 4.23. The molecule has 1 amide bonds. The molecule has 5 nitrogen and oxygen atoms in total. The van der Waals surface area contributed by atoms with Crippen LogP contribution in [0.25, 0.3) is 0 Å². The summed E-state index contributed by atoms with van der Waals surface area (Å²) >= 11 is 1.48. The van der Waals surface area contributed by atoms with E-state index in [4.69, 9.17) is 9.47 Å². The Labute approximate surface area is 134 Å². The first-order chi connectivity index (χ1) is 10.5. The van der Waals surface area contributed by atoms with Crippen molar-refractivity contribution >= 4 is 23.2 Å². The second-order valence-corrected chi connectivity index (χ2v) is 6.98. The SMILES string of the molecule is COC(=O)[C@@H]1C[C@@H]2[C@H](CC[C@@H](C)N2C(=O)c2sccc2C)O1. The van der Waals surface area contributed by atoms with Crippen molar-refractivity contribution in [3.05, 3.63) is 21.9 Å². The Morgan fingerprint density at radius 2 is 2.18 bits per heavy atom. The van der Waals surface area contributed by atoms with E-state index in [9.17, 15) is 9.59 Å². The number of ether oxygens (including phenoxy) is 2. The van der Waals surface area contributed by atoms with Gasteiger partial charge in [0.25, 0.3) is 5.91 Å². The van der Waals surface area contributed by atoms with Crippen molar-refractivity contribution < 1.29 is 19.1 Å². The highest BCUT2D eigenvalue weighted by Gasteiger charge is 2.48. The van der Waals surface area contributed by atoms with Crippen molar-refractivity contribution in [1.82, 2.24) is 4.90 Å². The van der Waals surface area contributed by atoms with Crippen molar-refractivity contribution in [2.45, 2.75) is 57.4 Å². The van der Waals surface area contributed by atoms with E-state index in [2.05, 4.69) is 6.92 Å². The molecule has 0 radical (unpaired) electrons. The smallest absolute Gasteiger partial charge is 0.335 e. The molecule has 0 aromatic carbocycles. The molecule has 0 saturated carbocycles. The van der Waals surface area contributed by atoms with Crippen LogP contribution in [-0.4, -0.2) is 48.2 Å². The van der Waals surface area contributed by atoms with Gasteiger partial charge in [-0.15, -0.1) is 11.3 Å². The first-order valence-corrected chi connectivity index (χ1v) is 8.51. The minimum Gasteiger partial charge on any atom is -0.467 e. The summed E-state index contributed by atoms with van der Waals surface area (Å²) in [4.78, 5) is 27.4. The van der Waals surface area contributed by atoms with E-state index in [0.29, 0.717) is 6.42 Å². The Balaban J connectivity index is 1.84. The van der Waals surface area contributed by atoms with E-state index in [-0.39, 0.29) is 30.1 Å². The van der Waals surface area contributed by atoms with Gasteiger partial charge in [0.1, 0.15) is 0 Å². The first kappa shape index (κ1) is 15.5. The maximum atomic E-state index is 12.9. The minimum atomic E-state index is -0.551. The van der Waals surface area contributed by atoms with E-state index in [1.807, 2.05) is 23.3 Å². The van der Waals surface area contributed by atoms with Crippen LogP contribution in [0.4, 0.5) is 0 Å². The largest absolute Gasteiger partial charge is 0.467 e. The molecule has 1 aromatic heterocycles. The van der Waals surface area contributed by atoms with E-state index in [0.717, 1.165) is 23.3 Å². The van der Waals surface area contributed by atoms with Crippen molar-refractivity contribution in [2.75, 3.05) is 7.11 Å². The third-order valence-corrected chi connectivity index (χ3v) is 5.68. The van der Waals surface area contributed by atoms with Gasteiger partial charge in [-0.1, -0.05) is 0 Å². The molecule has 6 heteroatoms. The number of thiophene rings is 1. The van der Waals surface area contributed by atoms with Crippen molar-refractivity contribution in [3.8, 4) is 0 Å². The molecule has 1 aromatic rings. The van der Waals surface area contributed by atoms with Crippen LogP contribution in [0, 0.1) is 6.92 Å². The quantitative estimate of drug-likeness (QED) is 0.784. The summed E-state index contributed by atoms with van der Waals surface area (Å²) in [6.45, 7) is 4.03. The molecule has 3 rings (SSSR count). The number of aryl methyl sites for hydroxylation is 1. The molecule has 22 heavy (non-hydrogen) atoms. The van der Waals surface area contributed by atoms with Crippen LogP contribution in [0.3, 0.4) is 0 Å². The fourth-order valence-electron chi connectivity index (χ4n) is 3.50. The predicted molar refractivity (Wildman–Crippen MR) is 83.0 cm³/mol. The lowest BCUT2D eigenvalue weighted by Gasteiger charge is -2.41. The molecule has 0 aliphatic carbocycles. The number of fused-ring (bicyclic) bond motifs is 1. The molecule has 0 unspecified atom stereocenters. The van der Waals surface area contributed by atoms with Crippen molar-refractivity contribution in [2.24, 2.45) is 0 Å². The Morgan fingerprint density at radius 3 is 2.82 bits per heavy atom. The normalized spacial score (nSPS) is 31.0. The topological polar surface area (TPSA) is 55.8 Å². The molecule has 3 heterocycles. The summed E-state index contributed by atoms with van der Waals surface area (Å²) in [5, 5.41) is 1.94. The lowest BCUT2D eigenvalue weighted by atomic mass is 9.92. The first-order valence-electron chi connectivity index (χ1n) is 7.63. The second-order valence-electron chi connectivity index (χ2n) is 6.06. The highest BCUT2D eigenvalue weighted by Crippen LogP contribution is 2.37. The molecule has 2 aliphatic heterocycles. The van der Waals surface area contributed by atoms with Gasteiger partial charge in [-0.25, -0.2) is 4.79 Å². The fourth-order valence-corrected chi connectivity index (χ4v) is 4.36. The molecule has 120 valence electrons. The number of esters is 1. The molecule has 2 aliphatic rings. The molecular weight excluding hydrogens is 302 g/mol. The van der Waals surface area contributed by atoms with Crippen LogP contribution in [0.2, 0.25) is 0 Å². The van der Waals surface area contributed by atoms with Crippen LogP contribution in [0.1, 0.15) is 41.4 Å². The van der Waals surface area contributed by atoms with Gasteiger partial charge < -0.3 is 14.4 Å². The van der Waals surface area contributed by atoms with Gasteiger partial charge in [-0.05, 0) is 43.7 Å². The summed E-state index contributed by atoms with van der Waals surface area (Å²) < 4.78 is 10.6. The van der Waals surface area contributed by atoms with E-state index >= 15 is 0 Å². The summed E-state index contributed by atoms with van der Waals surface area (Å²) in [6, 6.07) is 2.09. The molecule has 0 spiro atoms. The molecule has 0 N–H and O–H groups in total. The molecular formula is C16H21NO4S. The number of hydrogen-bond donors (Lipinski definition) is 0. The Morgan fingerprint density at radius 1 is 1.41 bits per heavy atom. The third-order valence-electron chi connectivity index (χ3n) is 4.68. The number of nitrogens with zero attached hydrogens (tertiary/aromatic N) is 1. The number of hydrogen-bond acceptors (Lipinski definition) is 5. The lowest BCUT2D eigenvalue weighted by molar-refractivity contribution is -0.153. The van der Waals surface area contributed by atoms with Crippen LogP contribution in [-0.2, 0) is 14.3 Å². The number of rotatable bonds is 2. The van der Waals surface area contributed by atoms with Crippen LogP contribution in [0.5, 0.6) is 0 Å². The van der Waals surface area contributed by atoms with E-state index in [1.165, 1.54) is 18.4 Å². The van der Waals surface area contributed by atoms with Gasteiger partial charge in [0, 0.05) is 12.5 Å². The molecule has 0 bridgehead atoms. The maximum Gasteiger partial charge on any atom is 0.335 e. The Bertz CT molecular complexity index is 584. The van der Waals surface area contributed by atoms with Crippen LogP contribution in [0.15, 0.2) is 11.4 Å². The second kappa shape index (κ2) is 6.01. The minimum absolute atomic E-state index is 0.0400. The maximum absolute atomic E-state index is 12.9. The Hall–Kier alpha value is -1.40. The standard InChI is InChI=1S/C16H21NO4S/c1-9-6-7-22-14(9)15(18)17-10(2)4-5-12-11(17)8-13(21-12)16(19)20-3/h6-7,10-13H,4-5,8H2,1-3H3/t10-,11-,12+,13+/m1/s1. The number of carbonyl (C=O) groups is 2. The average Bonchev–Trinajstić information content (AvgIpc) is 3.11. The zero-order chi connectivity index (χ0) is 15.9. The van der Waals surface area contributed by atoms with Gasteiger partial charge in [0.05, 0.1) is 24.1 Å². The van der Waals surface area contributed by atoms with Crippen molar-refractivity contribution in [1.29, 1.82) is 0 Å². The zero-order valence-corrected chi connectivity index (χ0v) is 13.9.